The zero-order valence-electron chi connectivity index (χ0n) is 9.30. The normalized spacial score (nSPS) is 17.4. The third-order valence-corrected chi connectivity index (χ3v) is 3.86. The Balaban J connectivity index is 1.81. The summed E-state index contributed by atoms with van der Waals surface area (Å²) in [4.78, 5) is 20.3. The van der Waals surface area contributed by atoms with E-state index in [9.17, 15) is 4.79 Å². The van der Waals surface area contributed by atoms with Gasteiger partial charge in [-0.15, -0.1) is 11.3 Å². The molecule has 1 fully saturated rings. The minimum absolute atomic E-state index is 0.189. The van der Waals surface area contributed by atoms with Crippen LogP contribution in [-0.4, -0.2) is 58.6 Å². The number of piperazine rings is 1. The maximum Gasteiger partial charge on any atom is 0.248 e. The zero-order valence-corrected chi connectivity index (χ0v) is 10.9. The van der Waals surface area contributed by atoms with E-state index < -0.39 is 6.61 Å². The lowest BCUT2D eigenvalue weighted by Gasteiger charge is -2.34. The van der Waals surface area contributed by atoms with E-state index in [4.69, 9.17) is 16.7 Å². The number of halogens is 1. The number of aliphatic hydroxyl groups excluding tert-OH is 1. The van der Waals surface area contributed by atoms with E-state index in [0.29, 0.717) is 17.6 Å². The smallest absolute Gasteiger partial charge is 0.248 e. The van der Waals surface area contributed by atoms with Gasteiger partial charge in [-0.1, -0.05) is 11.6 Å². The van der Waals surface area contributed by atoms with Crippen LogP contribution in [0.2, 0.25) is 4.47 Å². The Labute approximate surface area is 109 Å². The Morgan fingerprint density at radius 1 is 1.47 bits per heavy atom. The molecule has 1 aliphatic heterocycles. The molecule has 5 nitrogen and oxygen atoms in total. The predicted octanol–water partition coefficient (Wildman–Crippen LogP) is 0.433. The van der Waals surface area contributed by atoms with Crippen molar-refractivity contribution >= 4 is 28.8 Å². The van der Waals surface area contributed by atoms with Gasteiger partial charge in [0.2, 0.25) is 5.91 Å². The van der Waals surface area contributed by atoms with Crippen LogP contribution in [0.25, 0.3) is 0 Å². The molecule has 1 saturated heterocycles. The highest BCUT2D eigenvalue weighted by molar-refractivity contribution is 7.15. The van der Waals surface area contributed by atoms with Crippen LogP contribution in [0.5, 0.6) is 0 Å². The van der Waals surface area contributed by atoms with Crippen molar-refractivity contribution in [2.24, 2.45) is 0 Å². The van der Waals surface area contributed by atoms with Crippen LogP contribution < -0.4 is 0 Å². The van der Waals surface area contributed by atoms with Crippen LogP contribution >= 0.6 is 22.9 Å². The second-order valence-corrected chi connectivity index (χ2v) is 5.59. The minimum atomic E-state index is -0.398. The average molecular weight is 276 g/mol. The number of carbonyl (C=O) groups is 1. The van der Waals surface area contributed by atoms with E-state index in [1.54, 1.807) is 11.1 Å². The maximum atomic E-state index is 11.3. The molecule has 0 spiro atoms. The molecule has 7 heteroatoms. The third kappa shape index (κ3) is 3.38. The van der Waals surface area contributed by atoms with Gasteiger partial charge in [0.1, 0.15) is 6.61 Å². The van der Waals surface area contributed by atoms with E-state index in [2.05, 4.69) is 9.88 Å². The molecule has 1 aliphatic rings. The van der Waals surface area contributed by atoms with E-state index >= 15 is 0 Å². The van der Waals surface area contributed by atoms with Crippen molar-refractivity contribution in [3.8, 4) is 0 Å². The molecule has 1 aromatic rings. The van der Waals surface area contributed by atoms with Crippen molar-refractivity contribution in [1.82, 2.24) is 14.8 Å². The first-order valence-corrected chi connectivity index (χ1v) is 6.59. The van der Waals surface area contributed by atoms with Gasteiger partial charge in [0, 0.05) is 43.8 Å². The Hall–Kier alpha value is -0.690. The molecule has 17 heavy (non-hydrogen) atoms. The monoisotopic (exact) mass is 275 g/mol. The lowest BCUT2D eigenvalue weighted by atomic mass is 10.3. The van der Waals surface area contributed by atoms with Crippen molar-refractivity contribution in [2.45, 2.75) is 6.54 Å². The average Bonchev–Trinajstić information content (AvgIpc) is 2.75. The fourth-order valence-corrected chi connectivity index (χ4v) is 2.85. The fourth-order valence-electron chi connectivity index (χ4n) is 1.83. The summed E-state index contributed by atoms with van der Waals surface area (Å²) in [5, 5.41) is 8.76. The summed E-state index contributed by atoms with van der Waals surface area (Å²) in [7, 11) is 0. The van der Waals surface area contributed by atoms with E-state index in [1.807, 2.05) is 0 Å². The molecule has 1 aromatic heterocycles. The molecular weight excluding hydrogens is 262 g/mol. The summed E-state index contributed by atoms with van der Waals surface area (Å²) in [6.07, 6.45) is 1.79. The number of nitrogens with zero attached hydrogens (tertiary/aromatic N) is 3. The number of rotatable bonds is 3. The quantitative estimate of drug-likeness (QED) is 0.869. The predicted molar refractivity (Wildman–Crippen MR) is 66.1 cm³/mol. The molecule has 2 heterocycles. The van der Waals surface area contributed by atoms with Gasteiger partial charge in [-0.2, -0.15) is 0 Å². The number of carbonyl (C=O) groups excluding carboxylic acids is 1. The number of hydrogen-bond acceptors (Lipinski definition) is 5. The minimum Gasteiger partial charge on any atom is -0.387 e. The molecule has 94 valence electrons. The SMILES string of the molecule is O=C(CO)N1CCN(Cc2cnc(Cl)s2)CC1. The van der Waals surface area contributed by atoms with Crippen LogP contribution in [0.15, 0.2) is 6.20 Å². The molecule has 1 amide bonds. The first-order chi connectivity index (χ1) is 8.19. The molecule has 0 aliphatic carbocycles. The Morgan fingerprint density at radius 3 is 2.71 bits per heavy atom. The van der Waals surface area contributed by atoms with Crippen molar-refractivity contribution in [2.75, 3.05) is 32.8 Å². The molecule has 0 unspecified atom stereocenters. The van der Waals surface area contributed by atoms with E-state index in [1.165, 1.54) is 11.3 Å². The van der Waals surface area contributed by atoms with Crippen LogP contribution in [0, 0.1) is 0 Å². The van der Waals surface area contributed by atoms with Gasteiger partial charge in [0.15, 0.2) is 4.47 Å². The van der Waals surface area contributed by atoms with Crippen LogP contribution in [0.3, 0.4) is 0 Å². The number of amides is 1. The third-order valence-electron chi connectivity index (χ3n) is 2.77. The topological polar surface area (TPSA) is 56.7 Å². The largest absolute Gasteiger partial charge is 0.387 e. The first-order valence-electron chi connectivity index (χ1n) is 5.40. The van der Waals surface area contributed by atoms with Gasteiger partial charge in [0.05, 0.1) is 0 Å². The lowest BCUT2D eigenvalue weighted by Crippen LogP contribution is -2.49. The molecule has 0 radical (unpaired) electrons. The number of aliphatic hydroxyl groups is 1. The van der Waals surface area contributed by atoms with Crippen molar-refractivity contribution in [1.29, 1.82) is 0 Å². The Bertz CT molecular complexity index is 391. The molecular formula is C10H14ClN3O2S. The Morgan fingerprint density at radius 2 is 2.18 bits per heavy atom. The van der Waals surface area contributed by atoms with Gasteiger partial charge < -0.3 is 10.0 Å². The Kier molecular flexibility index (Phi) is 4.33. The van der Waals surface area contributed by atoms with Gasteiger partial charge in [-0.25, -0.2) is 4.98 Å². The highest BCUT2D eigenvalue weighted by atomic mass is 35.5. The van der Waals surface area contributed by atoms with Crippen molar-refractivity contribution in [3.63, 3.8) is 0 Å². The van der Waals surface area contributed by atoms with Crippen molar-refractivity contribution in [3.05, 3.63) is 15.5 Å². The molecule has 0 saturated carbocycles. The first kappa shape index (κ1) is 12.8. The van der Waals surface area contributed by atoms with E-state index in [0.717, 1.165) is 24.5 Å². The van der Waals surface area contributed by atoms with Gasteiger partial charge in [0.25, 0.3) is 0 Å². The molecule has 2 rings (SSSR count). The summed E-state index contributed by atoms with van der Waals surface area (Å²) in [6.45, 7) is 3.41. The standard InChI is InChI=1S/C10H14ClN3O2S/c11-10-12-5-8(17-10)6-13-1-3-14(4-2-13)9(16)7-15/h5,15H,1-4,6-7H2. The maximum absolute atomic E-state index is 11.3. The molecule has 0 aromatic carbocycles. The van der Waals surface area contributed by atoms with Crippen LogP contribution in [0.4, 0.5) is 0 Å². The summed E-state index contributed by atoms with van der Waals surface area (Å²) in [5.41, 5.74) is 0. The molecule has 0 atom stereocenters. The summed E-state index contributed by atoms with van der Waals surface area (Å²) >= 11 is 7.25. The summed E-state index contributed by atoms with van der Waals surface area (Å²) in [6, 6.07) is 0. The highest BCUT2D eigenvalue weighted by Gasteiger charge is 2.20. The lowest BCUT2D eigenvalue weighted by molar-refractivity contribution is -0.135. The molecule has 1 N–H and O–H groups in total. The number of thiazole rings is 1. The number of hydrogen-bond donors (Lipinski definition) is 1. The van der Waals surface area contributed by atoms with Crippen molar-refractivity contribution < 1.29 is 9.90 Å². The summed E-state index contributed by atoms with van der Waals surface area (Å²) < 4.78 is 0.564. The second kappa shape index (κ2) is 5.77. The second-order valence-electron chi connectivity index (χ2n) is 3.89. The fraction of sp³-hybridized carbons (Fsp3) is 0.600. The van der Waals surface area contributed by atoms with Gasteiger partial charge in [-0.05, 0) is 0 Å². The highest BCUT2D eigenvalue weighted by Crippen LogP contribution is 2.19. The molecule has 0 bridgehead atoms. The summed E-state index contributed by atoms with van der Waals surface area (Å²) in [5.74, 6) is -0.189. The van der Waals surface area contributed by atoms with E-state index in [-0.39, 0.29) is 5.91 Å². The van der Waals surface area contributed by atoms with Gasteiger partial charge >= 0.3 is 0 Å². The van der Waals surface area contributed by atoms with Crippen LogP contribution in [0.1, 0.15) is 4.88 Å². The zero-order chi connectivity index (χ0) is 12.3. The van der Waals surface area contributed by atoms with Crippen LogP contribution in [-0.2, 0) is 11.3 Å². The number of aromatic nitrogens is 1. The van der Waals surface area contributed by atoms with Gasteiger partial charge in [-0.3, -0.25) is 9.69 Å².